The van der Waals surface area contributed by atoms with Gasteiger partial charge < -0.3 is 16.2 Å². The Labute approximate surface area is 95.3 Å². The van der Waals surface area contributed by atoms with Crippen LogP contribution in [0.2, 0.25) is 0 Å². The summed E-state index contributed by atoms with van der Waals surface area (Å²) in [6, 6.07) is 4.74. The number of aryl methyl sites for hydroxylation is 1. The summed E-state index contributed by atoms with van der Waals surface area (Å²) < 4.78 is 0. The van der Waals surface area contributed by atoms with Crippen LogP contribution >= 0.6 is 11.3 Å². The van der Waals surface area contributed by atoms with Crippen LogP contribution in [-0.4, -0.2) is 24.3 Å². The van der Waals surface area contributed by atoms with Gasteiger partial charge in [0.1, 0.15) is 0 Å². The molecule has 15 heavy (non-hydrogen) atoms. The molecule has 0 saturated carbocycles. The Morgan fingerprint density at radius 3 is 2.73 bits per heavy atom. The van der Waals surface area contributed by atoms with E-state index in [1.165, 1.54) is 9.75 Å². The number of aliphatic hydroxyl groups is 1. The first kappa shape index (κ1) is 12.6. The Morgan fingerprint density at radius 1 is 1.53 bits per heavy atom. The first-order valence-corrected chi connectivity index (χ1v) is 6.12. The molecule has 4 N–H and O–H groups in total. The van der Waals surface area contributed by atoms with E-state index in [2.05, 4.69) is 31.3 Å². The molecule has 0 aliphatic heterocycles. The quantitative estimate of drug-likeness (QED) is 0.690. The maximum absolute atomic E-state index is 8.83. The molecule has 2 atom stereocenters. The van der Waals surface area contributed by atoms with Crippen molar-refractivity contribution in [2.24, 2.45) is 5.73 Å². The van der Waals surface area contributed by atoms with E-state index in [0.29, 0.717) is 12.6 Å². The lowest BCUT2D eigenvalue weighted by molar-refractivity contribution is 0.264. The number of thiophene rings is 1. The number of rotatable bonds is 6. The van der Waals surface area contributed by atoms with Gasteiger partial charge in [-0.25, -0.2) is 0 Å². The zero-order valence-electron chi connectivity index (χ0n) is 9.36. The summed E-state index contributed by atoms with van der Waals surface area (Å²) in [6.45, 7) is 4.98. The van der Waals surface area contributed by atoms with Gasteiger partial charge in [0.05, 0.1) is 6.04 Å². The lowest BCUT2D eigenvalue weighted by Crippen LogP contribution is -2.35. The van der Waals surface area contributed by atoms with Crippen molar-refractivity contribution in [2.75, 3.05) is 13.2 Å². The average Bonchev–Trinajstić information content (AvgIpc) is 2.61. The zero-order chi connectivity index (χ0) is 11.3. The summed E-state index contributed by atoms with van der Waals surface area (Å²) in [5.41, 5.74) is 5.74. The molecule has 4 heteroatoms. The average molecular weight is 228 g/mol. The van der Waals surface area contributed by atoms with Crippen LogP contribution in [0.15, 0.2) is 12.1 Å². The second-order valence-corrected chi connectivity index (χ2v) is 5.14. The Balaban J connectivity index is 2.56. The Bertz CT molecular complexity index is 288. The molecule has 0 aromatic carbocycles. The molecule has 1 aromatic heterocycles. The van der Waals surface area contributed by atoms with Crippen molar-refractivity contribution in [3.05, 3.63) is 21.9 Å². The summed E-state index contributed by atoms with van der Waals surface area (Å²) in [7, 11) is 0. The van der Waals surface area contributed by atoms with E-state index in [1.807, 2.05) is 0 Å². The summed E-state index contributed by atoms with van der Waals surface area (Å²) in [5.74, 6) is 0. The van der Waals surface area contributed by atoms with Gasteiger partial charge in [0.15, 0.2) is 0 Å². The predicted octanol–water partition coefficient (Wildman–Crippen LogP) is 1.42. The van der Waals surface area contributed by atoms with Gasteiger partial charge in [-0.15, -0.1) is 11.3 Å². The lowest BCUT2D eigenvalue weighted by Gasteiger charge is -2.20. The Morgan fingerprint density at radius 2 is 2.27 bits per heavy atom. The second kappa shape index (κ2) is 6.23. The number of nitrogens with two attached hydrogens (primary N) is 1. The van der Waals surface area contributed by atoms with Crippen molar-refractivity contribution < 1.29 is 5.11 Å². The minimum atomic E-state index is 0.213. The molecule has 0 spiro atoms. The smallest absolute Gasteiger partial charge is 0.0541 e. The Kier molecular flexibility index (Phi) is 5.25. The SMILES string of the molecule is Cc1ccc(C(CN)NC(C)CCO)s1. The molecule has 0 bridgehead atoms. The van der Waals surface area contributed by atoms with Gasteiger partial charge in [-0.2, -0.15) is 0 Å². The minimum Gasteiger partial charge on any atom is -0.396 e. The number of nitrogens with one attached hydrogen (secondary N) is 1. The third-order valence-corrected chi connectivity index (χ3v) is 3.50. The lowest BCUT2D eigenvalue weighted by atomic mass is 10.2. The molecule has 0 amide bonds. The van der Waals surface area contributed by atoms with Gasteiger partial charge >= 0.3 is 0 Å². The molecule has 2 unspecified atom stereocenters. The molecule has 1 rings (SSSR count). The normalized spacial score (nSPS) is 15.2. The van der Waals surface area contributed by atoms with Gasteiger partial charge in [-0.3, -0.25) is 0 Å². The summed E-state index contributed by atoms with van der Waals surface area (Å²) >= 11 is 1.78. The third-order valence-electron chi connectivity index (χ3n) is 2.39. The van der Waals surface area contributed by atoms with Crippen LogP contribution in [0.3, 0.4) is 0 Å². The molecule has 0 radical (unpaired) electrons. The van der Waals surface area contributed by atoms with E-state index >= 15 is 0 Å². The second-order valence-electron chi connectivity index (χ2n) is 3.82. The van der Waals surface area contributed by atoms with E-state index in [9.17, 15) is 0 Å². The molecular weight excluding hydrogens is 208 g/mol. The van der Waals surface area contributed by atoms with Crippen molar-refractivity contribution in [3.63, 3.8) is 0 Å². The maximum Gasteiger partial charge on any atom is 0.0541 e. The van der Waals surface area contributed by atoms with Gasteiger partial charge in [0.2, 0.25) is 0 Å². The summed E-state index contributed by atoms with van der Waals surface area (Å²) in [4.78, 5) is 2.58. The van der Waals surface area contributed by atoms with E-state index in [0.717, 1.165) is 6.42 Å². The van der Waals surface area contributed by atoms with Crippen LogP contribution in [0.25, 0.3) is 0 Å². The summed E-state index contributed by atoms with van der Waals surface area (Å²) in [5, 5.41) is 12.3. The van der Waals surface area contributed by atoms with Crippen LogP contribution in [-0.2, 0) is 0 Å². The van der Waals surface area contributed by atoms with Crippen molar-refractivity contribution in [2.45, 2.75) is 32.4 Å². The van der Waals surface area contributed by atoms with E-state index in [1.54, 1.807) is 11.3 Å². The Hall–Kier alpha value is -0.420. The predicted molar refractivity (Wildman–Crippen MR) is 65.2 cm³/mol. The van der Waals surface area contributed by atoms with Crippen molar-refractivity contribution in [1.29, 1.82) is 0 Å². The molecule has 0 fully saturated rings. The molecule has 3 nitrogen and oxygen atoms in total. The molecule has 86 valence electrons. The van der Waals surface area contributed by atoms with Crippen LogP contribution in [0.1, 0.15) is 29.1 Å². The van der Waals surface area contributed by atoms with Gasteiger partial charge in [-0.1, -0.05) is 0 Å². The van der Waals surface area contributed by atoms with E-state index in [-0.39, 0.29) is 12.6 Å². The van der Waals surface area contributed by atoms with Crippen molar-refractivity contribution in [3.8, 4) is 0 Å². The van der Waals surface area contributed by atoms with Gasteiger partial charge in [0.25, 0.3) is 0 Å². The van der Waals surface area contributed by atoms with Crippen LogP contribution in [0.4, 0.5) is 0 Å². The number of aliphatic hydroxyl groups excluding tert-OH is 1. The highest BCUT2D eigenvalue weighted by atomic mass is 32.1. The fourth-order valence-corrected chi connectivity index (χ4v) is 2.48. The van der Waals surface area contributed by atoms with Crippen LogP contribution in [0.5, 0.6) is 0 Å². The molecular formula is C11H20N2OS. The molecule has 0 aliphatic carbocycles. The minimum absolute atomic E-state index is 0.213. The first-order valence-electron chi connectivity index (χ1n) is 5.30. The fourth-order valence-electron chi connectivity index (χ4n) is 1.53. The number of hydrogen-bond donors (Lipinski definition) is 3. The van der Waals surface area contributed by atoms with E-state index in [4.69, 9.17) is 10.8 Å². The molecule has 0 aliphatic rings. The van der Waals surface area contributed by atoms with Gasteiger partial charge in [-0.05, 0) is 32.4 Å². The fraction of sp³-hybridized carbons (Fsp3) is 0.636. The third kappa shape index (κ3) is 3.91. The van der Waals surface area contributed by atoms with Crippen LogP contribution in [0, 0.1) is 6.92 Å². The van der Waals surface area contributed by atoms with Crippen LogP contribution < -0.4 is 11.1 Å². The standard InChI is InChI=1S/C11H20N2OS/c1-8(5-6-14)13-10(7-12)11-4-3-9(2)15-11/h3-4,8,10,13-14H,5-7,12H2,1-2H3. The molecule has 1 aromatic rings. The van der Waals surface area contributed by atoms with E-state index < -0.39 is 0 Å². The zero-order valence-corrected chi connectivity index (χ0v) is 10.2. The highest BCUT2D eigenvalue weighted by Gasteiger charge is 2.13. The molecule has 1 heterocycles. The monoisotopic (exact) mass is 228 g/mol. The first-order chi connectivity index (χ1) is 7.17. The topological polar surface area (TPSA) is 58.3 Å². The maximum atomic E-state index is 8.83. The highest BCUT2D eigenvalue weighted by molar-refractivity contribution is 7.12. The number of hydrogen-bond acceptors (Lipinski definition) is 4. The largest absolute Gasteiger partial charge is 0.396 e. The highest BCUT2D eigenvalue weighted by Crippen LogP contribution is 2.22. The van der Waals surface area contributed by atoms with Crippen molar-refractivity contribution in [1.82, 2.24) is 5.32 Å². The van der Waals surface area contributed by atoms with Crippen molar-refractivity contribution >= 4 is 11.3 Å². The van der Waals surface area contributed by atoms with Gasteiger partial charge in [0, 0.05) is 28.9 Å². The summed E-state index contributed by atoms with van der Waals surface area (Å²) in [6.07, 6.45) is 0.765. The molecule has 0 saturated heterocycles.